The molecule has 0 aliphatic rings. The average molecular weight is 316 g/mol. The van der Waals surface area contributed by atoms with E-state index in [-0.39, 0.29) is 12.2 Å². The molecule has 1 aromatic rings. The molecule has 0 amide bonds. The van der Waals surface area contributed by atoms with Gasteiger partial charge in [0.25, 0.3) is 0 Å². The number of hydrogen-bond donors (Lipinski definition) is 2. The summed E-state index contributed by atoms with van der Waals surface area (Å²) in [7, 11) is -7.59. The van der Waals surface area contributed by atoms with Gasteiger partial charge in [-0.3, -0.25) is 4.72 Å². The van der Waals surface area contributed by atoms with Crippen molar-refractivity contribution < 1.29 is 16.8 Å². The van der Waals surface area contributed by atoms with Crippen LogP contribution in [0, 0.1) is 18.8 Å². The van der Waals surface area contributed by atoms with Crippen LogP contribution in [0.3, 0.4) is 0 Å². The van der Waals surface area contributed by atoms with Crippen molar-refractivity contribution in [1.82, 2.24) is 0 Å². The van der Waals surface area contributed by atoms with Crippen LogP contribution >= 0.6 is 0 Å². The number of aryl methyl sites for hydroxylation is 1. The normalized spacial score (nSPS) is 11.6. The van der Waals surface area contributed by atoms with Gasteiger partial charge in [-0.2, -0.15) is 0 Å². The minimum atomic E-state index is -3.96. The first-order valence-corrected chi connectivity index (χ1v) is 9.31. The fraction of sp³-hybridized carbons (Fsp3) is 0.333. The smallest absolute Gasteiger partial charge is 0.247 e. The highest BCUT2D eigenvalue weighted by molar-refractivity contribution is 8.08. The molecule has 0 radical (unpaired) electrons. The monoisotopic (exact) mass is 316 g/mol. The zero-order chi connectivity index (χ0) is 15.4. The van der Waals surface area contributed by atoms with E-state index in [1.165, 1.54) is 6.07 Å². The summed E-state index contributed by atoms with van der Waals surface area (Å²) in [5.74, 6) is 5.46. The van der Waals surface area contributed by atoms with Crippen LogP contribution in [0.4, 0.5) is 5.69 Å². The van der Waals surface area contributed by atoms with Crippen LogP contribution in [0.5, 0.6) is 0 Å². The lowest BCUT2D eigenvalue weighted by Crippen LogP contribution is -2.22. The van der Waals surface area contributed by atoms with Crippen LogP contribution < -0.4 is 10.5 Å². The zero-order valence-corrected chi connectivity index (χ0v) is 12.8. The number of sulfone groups is 1. The lowest BCUT2D eigenvalue weighted by molar-refractivity contribution is 0.595. The fourth-order valence-electron chi connectivity index (χ4n) is 1.56. The minimum absolute atomic E-state index is 0.198. The number of nitrogens with one attached hydrogen (secondary N) is 1. The molecule has 0 aliphatic heterocycles. The van der Waals surface area contributed by atoms with E-state index >= 15 is 0 Å². The number of benzene rings is 1. The van der Waals surface area contributed by atoms with Gasteiger partial charge in [-0.25, -0.2) is 16.8 Å². The Morgan fingerprint density at radius 1 is 1.20 bits per heavy atom. The van der Waals surface area contributed by atoms with Crippen LogP contribution in [0.15, 0.2) is 18.2 Å². The molecule has 0 spiro atoms. The van der Waals surface area contributed by atoms with Crippen molar-refractivity contribution >= 4 is 25.5 Å². The molecule has 0 saturated carbocycles. The van der Waals surface area contributed by atoms with Gasteiger partial charge in [0.2, 0.25) is 10.0 Å². The summed E-state index contributed by atoms with van der Waals surface area (Å²) >= 11 is 0. The third-order valence-corrected chi connectivity index (χ3v) is 5.56. The maximum atomic E-state index is 11.7. The molecule has 0 saturated heterocycles. The molecule has 1 aromatic carbocycles. The summed E-state index contributed by atoms with van der Waals surface area (Å²) in [5.41, 5.74) is 6.95. The molecular weight excluding hydrogens is 300 g/mol. The maximum absolute atomic E-state index is 11.7. The molecule has 1 rings (SSSR count). The number of hydrogen-bond acceptors (Lipinski definition) is 5. The molecule has 20 heavy (non-hydrogen) atoms. The van der Waals surface area contributed by atoms with E-state index < -0.39 is 24.9 Å². The van der Waals surface area contributed by atoms with E-state index in [4.69, 9.17) is 5.73 Å². The lowest BCUT2D eigenvalue weighted by Gasteiger charge is -2.08. The summed E-state index contributed by atoms with van der Waals surface area (Å²) in [6, 6.07) is 4.89. The SMILES string of the molecule is Cc1cc(C#CCN)cc(NS(=O)(=O)CS(C)(=O)=O)c1. The topological polar surface area (TPSA) is 106 Å². The summed E-state index contributed by atoms with van der Waals surface area (Å²) in [5, 5.41) is -0.961. The van der Waals surface area contributed by atoms with Crippen molar-refractivity contribution in [3.05, 3.63) is 29.3 Å². The molecule has 3 N–H and O–H groups in total. The van der Waals surface area contributed by atoms with Gasteiger partial charge in [-0.15, -0.1) is 0 Å². The van der Waals surface area contributed by atoms with Gasteiger partial charge < -0.3 is 5.73 Å². The molecular formula is C12H16N2O4S2. The molecule has 0 unspecified atom stereocenters. The Balaban J connectivity index is 3.07. The molecule has 8 heteroatoms. The van der Waals surface area contributed by atoms with Gasteiger partial charge in [0, 0.05) is 17.5 Å². The molecule has 0 aliphatic carbocycles. The predicted molar refractivity (Wildman–Crippen MR) is 79.4 cm³/mol. The van der Waals surface area contributed by atoms with Gasteiger partial charge in [0.05, 0.1) is 6.54 Å². The first kappa shape index (κ1) is 16.5. The molecule has 0 bridgehead atoms. The number of nitrogens with two attached hydrogens (primary N) is 1. The minimum Gasteiger partial charge on any atom is -0.320 e. The van der Waals surface area contributed by atoms with Crippen molar-refractivity contribution in [2.24, 2.45) is 5.73 Å². The van der Waals surface area contributed by atoms with Crippen molar-refractivity contribution in [2.45, 2.75) is 6.92 Å². The van der Waals surface area contributed by atoms with Crippen LogP contribution in [0.1, 0.15) is 11.1 Å². The second-order valence-electron chi connectivity index (χ2n) is 4.35. The van der Waals surface area contributed by atoms with Crippen molar-refractivity contribution in [1.29, 1.82) is 0 Å². The first-order valence-electron chi connectivity index (χ1n) is 5.60. The van der Waals surface area contributed by atoms with Gasteiger partial charge in [0.1, 0.15) is 0 Å². The number of anilines is 1. The zero-order valence-electron chi connectivity index (χ0n) is 11.2. The molecule has 0 atom stereocenters. The Morgan fingerprint density at radius 3 is 2.40 bits per heavy atom. The third-order valence-electron chi connectivity index (χ3n) is 2.05. The fourth-order valence-corrected chi connectivity index (χ4v) is 4.53. The average Bonchev–Trinajstić information content (AvgIpc) is 2.21. The predicted octanol–water partition coefficient (Wildman–Crippen LogP) is 0.0490. The van der Waals surface area contributed by atoms with E-state index in [1.54, 1.807) is 19.1 Å². The number of sulfonamides is 1. The molecule has 0 fully saturated rings. The van der Waals surface area contributed by atoms with Gasteiger partial charge in [0.15, 0.2) is 14.9 Å². The van der Waals surface area contributed by atoms with Crippen LogP contribution in [-0.4, -0.2) is 34.7 Å². The van der Waals surface area contributed by atoms with E-state index in [9.17, 15) is 16.8 Å². The Kier molecular flexibility index (Phi) is 5.16. The van der Waals surface area contributed by atoms with Crippen molar-refractivity contribution in [2.75, 3.05) is 22.6 Å². The highest BCUT2D eigenvalue weighted by Crippen LogP contribution is 2.16. The van der Waals surface area contributed by atoms with E-state index in [0.717, 1.165) is 11.8 Å². The summed E-state index contributed by atoms with van der Waals surface area (Å²) < 4.78 is 47.8. The summed E-state index contributed by atoms with van der Waals surface area (Å²) in [6.07, 6.45) is 0.862. The highest BCUT2D eigenvalue weighted by Gasteiger charge is 2.18. The summed E-state index contributed by atoms with van der Waals surface area (Å²) in [4.78, 5) is 0. The maximum Gasteiger partial charge on any atom is 0.247 e. The summed E-state index contributed by atoms with van der Waals surface area (Å²) in [6.45, 7) is 1.98. The largest absolute Gasteiger partial charge is 0.320 e. The first-order chi connectivity index (χ1) is 9.11. The standard InChI is InChI=1S/C12H16N2O4S2/c1-10-6-11(4-3-5-13)8-12(7-10)14-20(17,18)9-19(2,15)16/h6-8,14H,5,9,13H2,1-2H3. The third kappa shape index (κ3) is 6.06. The van der Waals surface area contributed by atoms with Crippen LogP contribution in [0.25, 0.3) is 0 Å². The Labute approximate surface area is 119 Å². The molecule has 0 heterocycles. The second kappa shape index (κ2) is 6.26. The highest BCUT2D eigenvalue weighted by atomic mass is 32.3. The van der Waals surface area contributed by atoms with Gasteiger partial charge in [-0.05, 0) is 30.7 Å². The van der Waals surface area contributed by atoms with E-state index in [1.807, 2.05) is 0 Å². The molecule has 6 nitrogen and oxygen atoms in total. The van der Waals surface area contributed by atoms with Crippen LogP contribution in [-0.2, 0) is 19.9 Å². The Morgan fingerprint density at radius 2 is 1.85 bits per heavy atom. The van der Waals surface area contributed by atoms with Crippen molar-refractivity contribution in [3.8, 4) is 11.8 Å². The van der Waals surface area contributed by atoms with E-state index in [0.29, 0.717) is 5.56 Å². The molecule has 110 valence electrons. The molecule has 0 aromatic heterocycles. The van der Waals surface area contributed by atoms with Crippen LogP contribution in [0.2, 0.25) is 0 Å². The quantitative estimate of drug-likeness (QED) is 0.763. The van der Waals surface area contributed by atoms with E-state index in [2.05, 4.69) is 16.6 Å². The van der Waals surface area contributed by atoms with Gasteiger partial charge in [-0.1, -0.05) is 11.8 Å². The Bertz CT molecular complexity index is 756. The Hall–Kier alpha value is -1.56. The lowest BCUT2D eigenvalue weighted by atomic mass is 10.1. The van der Waals surface area contributed by atoms with Gasteiger partial charge >= 0.3 is 0 Å². The number of rotatable bonds is 4. The van der Waals surface area contributed by atoms with Crippen molar-refractivity contribution in [3.63, 3.8) is 0 Å². The second-order valence-corrected chi connectivity index (χ2v) is 8.58.